The molecule has 0 saturated heterocycles. The van der Waals surface area contributed by atoms with E-state index in [1.807, 2.05) is 0 Å². The van der Waals surface area contributed by atoms with E-state index in [9.17, 15) is 13.2 Å². The monoisotopic (exact) mass is 402 g/mol. The Morgan fingerprint density at radius 3 is 2.28 bits per heavy atom. The van der Waals surface area contributed by atoms with Gasteiger partial charge in [0.2, 0.25) is 0 Å². The van der Waals surface area contributed by atoms with Gasteiger partial charge < -0.3 is 10.1 Å². The predicted octanol–water partition coefficient (Wildman–Crippen LogP) is 3.31. The Balaban J connectivity index is 2.14. The first-order valence-electron chi connectivity index (χ1n) is 7.19. The number of hydrogen-bond donors (Lipinski definition) is 2. The highest BCUT2D eigenvalue weighted by Crippen LogP contribution is 2.27. The first-order valence-corrected chi connectivity index (χ1v) is 9.43. The Kier molecular flexibility index (Phi) is 6.16. The Morgan fingerprint density at radius 1 is 1.08 bits per heavy atom. The molecular weight excluding hydrogens is 387 g/mol. The summed E-state index contributed by atoms with van der Waals surface area (Å²) in [7, 11) is -2.29. The minimum Gasteiger partial charge on any atom is -0.481 e. The zero-order chi connectivity index (χ0) is 18.6. The Morgan fingerprint density at radius 2 is 1.72 bits per heavy atom. The molecule has 2 aromatic rings. The number of likely N-dealkylation sites (N-methyl/N-ethyl adjacent to an activating group) is 1. The number of sulfonamides is 1. The summed E-state index contributed by atoms with van der Waals surface area (Å²) in [6, 6.07) is 10.1. The average molecular weight is 403 g/mol. The predicted molar refractivity (Wildman–Crippen MR) is 97.9 cm³/mol. The molecule has 2 rings (SSSR count). The van der Waals surface area contributed by atoms with Crippen molar-refractivity contribution < 1.29 is 17.9 Å². The van der Waals surface area contributed by atoms with E-state index in [0.29, 0.717) is 16.5 Å². The summed E-state index contributed by atoms with van der Waals surface area (Å²) in [6.07, 6.45) is -0.693. The van der Waals surface area contributed by atoms with Gasteiger partial charge in [0, 0.05) is 7.05 Å². The SMILES string of the molecule is CNC(=O)[C@H](C)Oc1ccc(S(=O)(=O)Nc2ccc(Cl)c(Cl)c2)cc1. The second-order valence-corrected chi connectivity index (χ2v) is 7.58. The average Bonchev–Trinajstić information content (AvgIpc) is 2.57. The summed E-state index contributed by atoms with van der Waals surface area (Å²) in [5.41, 5.74) is 0.294. The number of anilines is 1. The van der Waals surface area contributed by atoms with Gasteiger partial charge in [0.15, 0.2) is 6.10 Å². The molecule has 1 atom stereocenters. The quantitative estimate of drug-likeness (QED) is 0.775. The summed E-state index contributed by atoms with van der Waals surface area (Å²) in [4.78, 5) is 11.5. The molecule has 0 aliphatic rings. The van der Waals surface area contributed by atoms with Gasteiger partial charge in [-0.3, -0.25) is 9.52 Å². The lowest BCUT2D eigenvalue weighted by atomic mass is 10.3. The zero-order valence-electron chi connectivity index (χ0n) is 13.4. The lowest BCUT2D eigenvalue weighted by Crippen LogP contribution is -2.33. The highest BCUT2D eigenvalue weighted by molar-refractivity contribution is 7.92. The molecular formula is C16H16Cl2N2O4S. The van der Waals surface area contributed by atoms with Crippen LogP contribution in [0.5, 0.6) is 5.75 Å². The van der Waals surface area contributed by atoms with Gasteiger partial charge >= 0.3 is 0 Å². The number of benzene rings is 2. The van der Waals surface area contributed by atoms with E-state index in [1.54, 1.807) is 6.92 Å². The van der Waals surface area contributed by atoms with E-state index >= 15 is 0 Å². The van der Waals surface area contributed by atoms with Crippen molar-refractivity contribution in [1.29, 1.82) is 0 Å². The fraction of sp³-hybridized carbons (Fsp3) is 0.188. The third kappa shape index (κ3) is 5.01. The number of carbonyl (C=O) groups excluding carboxylic acids is 1. The number of hydrogen-bond acceptors (Lipinski definition) is 4. The second kappa shape index (κ2) is 7.95. The molecule has 0 fully saturated rings. The number of amides is 1. The van der Waals surface area contributed by atoms with Crippen molar-refractivity contribution in [3.05, 3.63) is 52.5 Å². The van der Waals surface area contributed by atoms with E-state index in [0.717, 1.165) is 0 Å². The number of halogens is 2. The van der Waals surface area contributed by atoms with Crippen molar-refractivity contribution in [3.63, 3.8) is 0 Å². The van der Waals surface area contributed by atoms with E-state index in [-0.39, 0.29) is 15.8 Å². The molecule has 0 radical (unpaired) electrons. The molecule has 0 saturated carbocycles. The van der Waals surface area contributed by atoms with Crippen LogP contribution in [-0.4, -0.2) is 27.5 Å². The van der Waals surface area contributed by atoms with Crippen molar-refractivity contribution in [1.82, 2.24) is 5.32 Å². The van der Waals surface area contributed by atoms with Crippen LogP contribution in [0.4, 0.5) is 5.69 Å². The van der Waals surface area contributed by atoms with Crippen LogP contribution in [0.15, 0.2) is 47.4 Å². The molecule has 25 heavy (non-hydrogen) atoms. The third-order valence-electron chi connectivity index (χ3n) is 3.23. The maximum atomic E-state index is 12.4. The minimum absolute atomic E-state index is 0.0403. The fourth-order valence-corrected chi connectivity index (χ4v) is 3.28. The van der Waals surface area contributed by atoms with Crippen LogP contribution in [0, 0.1) is 0 Å². The summed E-state index contributed by atoms with van der Waals surface area (Å²) in [6.45, 7) is 1.59. The molecule has 0 aliphatic heterocycles. The van der Waals surface area contributed by atoms with Crippen LogP contribution in [0.3, 0.4) is 0 Å². The molecule has 6 nitrogen and oxygen atoms in total. The fourth-order valence-electron chi connectivity index (χ4n) is 1.93. The highest BCUT2D eigenvalue weighted by atomic mass is 35.5. The standard InChI is InChI=1S/C16H16Cl2N2O4S/c1-10(16(21)19-2)24-12-4-6-13(7-5-12)25(22,23)20-11-3-8-14(17)15(18)9-11/h3-10,20H,1-2H3,(H,19,21)/t10-/m0/s1. The van der Waals surface area contributed by atoms with Gasteiger partial charge in [0.1, 0.15) is 5.75 Å². The zero-order valence-corrected chi connectivity index (χ0v) is 15.7. The summed E-state index contributed by atoms with van der Waals surface area (Å²) < 4.78 is 32.6. The largest absolute Gasteiger partial charge is 0.481 e. The molecule has 2 aromatic carbocycles. The highest BCUT2D eigenvalue weighted by Gasteiger charge is 2.16. The molecule has 0 bridgehead atoms. The maximum Gasteiger partial charge on any atom is 0.261 e. The topological polar surface area (TPSA) is 84.5 Å². The lowest BCUT2D eigenvalue weighted by molar-refractivity contribution is -0.126. The molecule has 0 unspecified atom stereocenters. The molecule has 2 N–H and O–H groups in total. The van der Waals surface area contributed by atoms with Crippen LogP contribution < -0.4 is 14.8 Å². The van der Waals surface area contributed by atoms with E-state index in [1.165, 1.54) is 49.5 Å². The van der Waals surface area contributed by atoms with Gasteiger partial charge in [0.25, 0.3) is 15.9 Å². The van der Waals surface area contributed by atoms with E-state index in [2.05, 4.69) is 10.0 Å². The minimum atomic E-state index is -3.80. The molecule has 0 heterocycles. The normalized spacial score (nSPS) is 12.3. The van der Waals surface area contributed by atoms with E-state index in [4.69, 9.17) is 27.9 Å². The molecule has 0 spiro atoms. The number of carbonyl (C=O) groups is 1. The lowest BCUT2D eigenvalue weighted by Gasteiger charge is -2.14. The Hall–Kier alpha value is -1.96. The Bertz CT molecular complexity index is 870. The number of rotatable bonds is 6. The van der Waals surface area contributed by atoms with Crippen molar-refractivity contribution >= 4 is 44.8 Å². The van der Waals surface area contributed by atoms with E-state index < -0.39 is 16.1 Å². The first-order chi connectivity index (χ1) is 11.7. The molecule has 0 aliphatic carbocycles. The second-order valence-electron chi connectivity index (χ2n) is 5.08. The van der Waals surface area contributed by atoms with Crippen molar-refractivity contribution in [2.45, 2.75) is 17.9 Å². The van der Waals surface area contributed by atoms with Crippen molar-refractivity contribution in [2.24, 2.45) is 0 Å². The summed E-state index contributed by atoms with van der Waals surface area (Å²) >= 11 is 11.7. The summed E-state index contributed by atoms with van der Waals surface area (Å²) in [5.74, 6) is 0.0996. The van der Waals surface area contributed by atoms with Crippen molar-refractivity contribution in [2.75, 3.05) is 11.8 Å². The molecule has 1 amide bonds. The smallest absolute Gasteiger partial charge is 0.261 e. The molecule has 134 valence electrons. The molecule has 0 aromatic heterocycles. The Labute approximate surface area is 156 Å². The van der Waals surface area contributed by atoms with Crippen LogP contribution in [0.1, 0.15) is 6.92 Å². The number of nitrogens with one attached hydrogen (secondary N) is 2. The molecule has 9 heteroatoms. The third-order valence-corrected chi connectivity index (χ3v) is 5.37. The van der Waals surface area contributed by atoms with Gasteiger partial charge in [-0.25, -0.2) is 8.42 Å². The first kappa shape index (κ1) is 19.4. The number of ether oxygens (including phenoxy) is 1. The van der Waals surface area contributed by atoms with Gasteiger partial charge in [0.05, 0.1) is 20.6 Å². The van der Waals surface area contributed by atoms with Crippen molar-refractivity contribution in [3.8, 4) is 5.75 Å². The van der Waals surface area contributed by atoms with Gasteiger partial charge in [-0.1, -0.05) is 23.2 Å². The van der Waals surface area contributed by atoms with Crippen LogP contribution in [0.25, 0.3) is 0 Å². The van der Waals surface area contributed by atoms with Gasteiger partial charge in [-0.15, -0.1) is 0 Å². The van der Waals surface area contributed by atoms with Gasteiger partial charge in [-0.05, 0) is 49.4 Å². The maximum absolute atomic E-state index is 12.4. The van der Waals surface area contributed by atoms with Gasteiger partial charge in [-0.2, -0.15) is 0 Å². The van der Waals surface area contributed by atoms with Crippen LogP contribution in [-0.2, 0) is 14.8 Å². The summed E-state index contributed by atoms with van der Waals surface area (Å²) in [5, 5.41) is 3.04. The van der Waals surface area contributed by atoms with Crippen LogP contribution >= 0.6 is 23.2 Å². The van der Waals surface area contributed by atoms with Crippen LogP contribution in [0.2, 0.25) is 10.0 Å².